The van der Waals surface area contributed by atoms with Gasteiger partial charge in [0.15, 0.2) is 0 Å². The predicted molar refractivity (Wildman–Crippen MR) is 77.3 cm³/mol. The lowest BCUT2D eigenvalue weighted by Gasteiger charge is -2.34. The standard InChI is InChI=1S/C12H18N6O3/c1-13-11(19)8-5-3-4-6-17(8)10-9(18(20)21)7-15-12(14-2)16-10/h7-8H,3-6H2,1-2H3,(H,13,19)(H,14,15,16). The second kappa shape index (κ2) is 6.33. The fourth-order valence-corrected chi connectivity index (χ4v) is 2.45. The zero-order valence-electron chi connectivity index (χ0n) is 12.0. The Morgan fingerprint density at radius 2 is 2.24 bits per heavy atom. The summed E-state index contributed by atoms with van der Waals surface area (Å²) in [6.07, 6.45) is 3.59. The van der Waals surface area contributed by atoms with Crippen LogP contribution in [-0.4, -0.2) is 47.5 Å². The van der Waals surface area contributed by atoms with Crippen molar-refractivity contribution in [2.75, 3.05) is 30.9 Å². The first kappa shape index (κ1) is 14.9. The first-order valence-electron chi connectivity index (χ1n) is 6.76. The van der Waals surface area contributed by atoms with E-state index in [0.717, 1.165) is 12.8 Å². The maximum absolute atomic E-state index is 12.0. The van der Waals surface area contributed by atoms with Crippen LogP contribution < -0.4 is 15.5 Å². The Morgan fingerprint density at radius 1 is 1.48 bits per heavy atom. The van der Waals surface area contributed by atoms with E-state index in [4.69, 9.17) is 0 Å². The minimum absolute atomic E-state index is 0.159. The van der Waals surface area contributed by atoms with Gasteiger partial charge in [-0.25, -0.2) is 4.98 Å². The highest BCUT2D eigenvalue weighted by Gasteiger charge is 2.33. The van der Waals surface area contributed by atoms with Gasteiger partial charge in [0.05, 0.1) is 4.92 Å². The molecule has 1 amide bonds. The number of aromatic nitrogens is 2. The Morgan fingerprint density at radius 3 is 2.86 bits per heavy atom. The molecule has 0 aromatic carbocycles. The Hall–Kier alpha value is -2.45. The molecule has 21 heavy (non-hydrogen) atoms. The van der Waals surface area contributed by atoms with E-state index in [2.05, 4.69) is 20.6 Å². The highest BCUT2D eigenvalue weighted by Crippen LogP contribution is 2.31. The van der Waals surface area contributed by atoms with Crippen LogP contribution in [0.2, 0.25) is 0 Å². The van der Waals surface area contributed by atoms with Crippen LogP contribution in [-0.2, 0) is 4.79 Å². The van der Waals surface area contributed by atoms with E-state index >= 15 is 0 Å². The molecule has 0 aliphatic carbocycles. The van der Waals surface area contributed by atoms with Gasteiger partial charge in [0.25, 0.3) is 0 Å². The lowest BCUT2D eigenvalue weighted by atomic mass is 10.0. The number of anilines is 2. The van der Waals surface area contributed by atoms with Crippen molar-refractivity contribution in [1.29, 1.82) is 0 Å². The van der Waals surface area contributed by atoms with Crippen LogP contribution in [0.25, 0.3) is 0 Å². The van der Waals surface area contributed by atoms with Gasteiger partial charge in [0.1, 0.15) is 12.2 Å². The molecule has 1 saturated heterocycles. The first-order valence-corrected chi connectivity index (χ1v) is 6.76. The van der Waals surface area contributed by atoms with E-state index in [1.807, 2.05) is 0 Å². The molecule has 1 aliphatic rings. The van der Waals surface area contributed by atoms with Crippen LogP contribution in [0.4, 0.5) is 17.5 Å². The highest BCUT2D eigenvalue weighted by atomic mass is 16.6. The average molecular weight is 294 g/mol. The van der Waals surface area contributed by atoms with Crippen LogP contribution in [0, 0.1) is 10.1 Å². The number of likely N-dealkylation sites (N-methyl/N-ethyl adjacent to an activating group) is 1. The molecular formula is C12H18N6O3. The number of piperidine rings is 1. The predicted octanol–water partition coefficient (Wildman–Crippen LogP) is 0.531. The normalized spacial score (nSPS) is 18.2. The molecule has 0 spiro atoms. The van der Waals surface area contributed by atoms with Gasteiger partial charge in [-0.2, -0.15) is 4.98 Å². The summed E-state index contributed by atoms with van der Waals surface area (Å²) in [6, 6.07) is -0.443. The smallest absolute Gasteiger partial charge is 0.329 e. The number of hydrogen-bond acceptors (Lipinski definition) is 7. The fraction of sp³-hybridized carbons (Fsp3) is 0.583. The maximum Gasteiger partial charge on any atom is 0.329 e. The van der Waals surface area contributed by atoms with Crippen molar-refractivity contribution in [3.05, 3.63) is 16.3 Å². The van der Waals surface area contributed by atoms with Crippen molar-refractivity contribution in [3.8, 4) is 0 Å². The number of nitrogens with zero attached hydrogens (tertiary/aromatic N) is 4. The summed E-state index contributed by atoms with van der Waals surface area (Å²) in [4.78, 5) is 32.4. The summed E-state index contributed by atoms with van der Waals surface area (Å²) in [5, 5.41) is 16.5. The highest BCUT2D eigenvalue weighted by molar-refractivity contribution is 5.85. The quantitative estimate of drug-likeness (QED) is 0.615. The van der Waals surface area contributed by atoms with Crippen LogP contribution in [0.3, 0.4) is 0 Å². The van der Waals surface area contributed by atoms with Crippen molar-refractivity contribution >= 4 is 23.4 Å². The molecule has 1 aromatic heterocycles. The molecule has 9 heteroatoms. The number of nitro groups is 1. The van der Waals surface area contributed by atoms with Gasteiger partial charge in [-0.15, -0.1) is 0 Å². The largest absolute Gasteiger partial charge is 0.357 e. The number of nitrogens with one attached hydrogen (secondary N) is 2. The molecule has 0 saturated carbocycles. The summed E-state index contributed by atoms with van der Waals surface area (Å²) in [6.45, 7) is 0.555. The van der Waals surface area contributed by atoms with E-state index in [1.165, 1.54) is 6.20 Å². The lowest BCUT2D eigenvalue weighted by molar-refractivity contribution is -0.384. The molecule has 2 heterocycles. The van der Waals surface area contributed by atoms with Crippen molar-refractivity contribution in [2.24, 2.45) is 0 Å². The van der Waals surface area contributed by atoms with Crippen molar-refractivity contribution in [3.63, 3.8) is 0 Å². The number of hydrogen-bond donors (Lipinski definition) is 2. The molecule has 1 atom stereocenters. The minimum Gasteiger partial charge on any atom is -0.357 e. The van der Waals surface area contributed by atoms with Crippen LogP contribution in [0.5, 0.6) is 0 Å². The van der Waals surface area contributed by atoms with Crippen molar-refractivity contribution in [2.45, 2.75) is 25.3 Å². The third-order valence-corrected chi connectivity index (χ3v) is 3.49. The molecule has 0 bridgehead atoms. The van der Waals surface area contributed by atoms with Gasteiger partial charge in [-0.05, 0) is 19.3 Å². The van der Waals surface area contributed by atoms with Crippen molar-refractivity contribution < 1.29 is 9.72 Å². The summed E-state index contributed by atoms with van der Waals surface area (Å²) in [5.74, 6) is 0.318. The minimum atomic E-state index is -0.524. The average Bonchev–Trinajstić information content (AvgIpc) is 2.53. The van der Waals surface area contributed by atoms with Crippen LogP contribution in [0.15, 0.2) is 6.20 Å². The third kappa shape index (κ3) is 3.01. The topological polar surface area (TPSA) is 113 Å². The van der Waals surface area contributed by atoms with Gasteiger partial charge >= 0.3 is 5.69 Å². The van der Waals surface area contributed by atoms with E-state index < -0.39 is 11.0 Å². The van der Waals surface area contributed by atoms with E-state index in [0.29, 0.717) is 13.0 Å². The summed E-state index contributed by atoms with van der Waals surface area (Å²) < 4.78 is 0. The third-order valence-electron chi connectivity index (χ3n) is 3.49. The molecule has 2 rings (SSSR count). The molecule has 1 fully saturated rings. The zero-order chi connectivity index (χ0) is 15.4. The fourth-order valence-electron chi connectivity index (χ4n) is 2.45. The number of carbonyl (C=O) groups is 1. The zero-order valence-corrected chi connectivity index (χ0v) is 12.0. The van der Waals surface area contributed by atoms with Crippen LogP contribution >= 0.6 is 0 Å². The summed E-state index contributed by atoms with van der Waals surface area (Å²) in [5.41, 5.74) is -0.190. The number of carbonyl (C=O) groups excluding carboxylic acids is 1. The van der Waals surface area contributed by atoms with E-state index in [1.54, 1.807) is 19.0 Å². The number of amides is 1. The van der Waals surface area contributed by atoms with Gasteiger partial charge in [-0.3, -0.25) is 14.9 Å². The molecule has 2 N–H and O–H groups in total. The molecule has 1 aromatic rings. The molecule has 9 nitrogen and oxygen atoms in total. The van der Waals surface area contributed by atoms with Gasteiger partial charge in [0.2, 0.25) is 17.7 Å². The van der Waals surface area contributed by atoms with E-state index in [9.17, 15) is 14.9 Å². The van der Waals surface area contributed by atoms with Crippen LogP contribution in [0.1, 0.15) is 19.3 Å². The second-order valence-electron chi connectivity index (χ2n) is 4.73. The molecule has 114 valence electrons. The van der Waals surface area contributed by atoms with Gasteiger partial charge in [0, 0.05) is 20.6 Å². The monoisotopic (exact) mass is 294 g/mol. The SMILES string of the molecule is CNC(=O)C1CCCCN1c1nc(NC)ncc1[N+](=O)[O-]. The summed E-state index contributed by atoms with van der Waals surface area (Å²) >= 11 is 0. The molecular weight excluding hydrogens is 276 g/mol. The van der Waals surface area contributed by atoms with Gasteiger partial charge in [-0.1, -0.05) is 0 Å². The van der Waals surface area contributed by atoms with Crippen molar-refractivity contribution in [1.82, 2.24) is 15.3 Å². The molecule has 0 radical (unpaired) electrons. The first-order chi connectivity index (χ1) is 10.1. The van der Waals surface area contributed by atoms with E-state index in [-0.39, 0.29) is 23.4 Å². The second-order valence-corrected chi connectivity index (χ2v) is 4.73. The summed E-state index contributed by atoms with van der Waals surface area (Å²) in [7, 11) is 3.19. The lowest BCUT2D eigenvalue weighted by Crippen LogP contribution is -2.49. The maximum atomic E-state index is 12.0. The Balaban J connectivity index is 2.45. The molecule has 1 unspecified atom stereocenters. The van der Waals surface area contributed by atoms with Gasteiger partial charge < -0.3 is 15.5 Å². The Bertz CT molecular complexity index is 550. The Labute approximate surface area is 121 Å². The molecule has 1 aliphatic heterocycles. The Kier molecular flexibility index (Phi) is 4.51. The number of rotatable bonds is 4.